The number of halogens is 1. The lowest BCUT2D eigenvalue weighted by Crippen LogP contribution is -2.47. The summed E-state index contributed by atoms with van der Waals surface area (Å²) < 4.78 is 10.9. The average molecular weight is 343 g/mol. The molecule has 1 saturated heterocycles. The van der Waals surface area contributed by atoms with Crippen molar-refractivity contribution in [3.63, 3.8) is 0 Å². The number of amides is 1. The number of carbonyl (C=O) groups is 1. The second-order valence-corrected chi connectivity index (χ2v) is 6.11. The maximum absolute atomic E-state index is 12.7. The molecular formula is C17H27ClN2O3. The van der Waals surface area contributed by atoms with Crippen molar-refractivity contribution in [2.75, 3.05) is 32.1 Å². The third kappa shape index (κ3) is 5.37. The third-order valence-electron chi connectivity index (χ3n) is 3.95. The van der Waals surface area contributed by atoms with E-state index in [1.165, 1.54) is 0 Å². The Morgan fingerprint density at radius 3 is 2.39 bits per heavy atom. The largest absolute Gasteiger partial charge is 0.491 e. The number of hydrogen-bond acceptors (Lipinski definition) is 4. The van der Waals surface area contributed by atoms with Crippen LogP contribution in [0.25, 0.3) is 0 Å². The van der Waals surface area contributed by atoms with Gasteiger partial charge in [0, 0.05) is 12.8 Å². The number of piperidine rings is 1. The highest BCUT2D eigenvalue weighted by molar-refractivity contribution is 5.95. The highest BCUT2D eigenvalue weighted by atomic mass is 35.5. The van der Waals surface area contributed by atoms with Gasteiger partial charge in [-0.05, 0) is 64.0 Å². The van der Waals surface area contributed by atoms with Crippen molar-refractivity contribution < 1.29 is 14.3 Å². The zero-order chi connectivity index (χ0) is 16.0. The Balaban J connectivity index is 0.00000264. The number of anilines is 1. The predicted octanol–water partition coefficient (Wildman–Crippen LogP) is 2.85. The summed E-state index contributed by atoms with van der Waals surface area (Å²) in [6, 6.07) is 7.50. The Labute approximate surface area is 144 Å². The summed E-state index contributed by atoms with van der Waals surface area (Å²) >= 11 is 0. The van der Waals surface area contributed by atoms with Crippen LogP contribution in [0.2, 0.25) is 0 Å². The molecule has 130 valence electrons. The summed E-state index contributed by atoms with van der Waals surface area (Å²) in [4.78, 5) is 12.7. The minimum absolute atomic E-state index is 0. The molecule has 0 unspecified atom stereocenters. The van der Waals surface area contributed by atoms with Gasteiger partial charge in [0.05, 0.1) is 18.1 Å². The van der Waals surface area contributed by atoms with E-state index in [1.54, 1.807) is 7.11 Å². The van der Waals surface area contributed by atoms with Gasteiger partial charge in [-0.25, -0.2) is 0 Å². The number of benzene rings is 1. The van der Waals surface area contributed by atoms with Crippen molar-refractivity contribution >= 4 is 24.0 Å². The first-order chi connectivity index (χ1) is 10.6. The van der Waals surface area contributed by atoms with Crippen molar-refractivity contribution in [3.05, 3.63) is 24.3 Å². The van der Waals surface area contributed by atoms with E-state index < -0.39 is 5.41 Å². The van der Waals surface area contributed by atoms with Crippen molar-refractivity contribution in [1.82, 2.24) is 5.32 Å². The second kappa shape index (κ2) is 9.11. The van der Waals surface area contributed by atoms with Gasteiger partial charge in [-0.3, -0.25) is 4.79 Å². The van der Waals surface area contributed by atoms with Gasteiger partial charge in [-0.15, -0.1) is 12.4 Å². The molecule has 2 rings (SSSR count). The second-order valence-electron chi connectivity index (χ2n) is 6.11. The molecule has 23 heavy (non-hydrogen) atoms. The minimum atomic E-state index is -0.437. The van der Waals surface area contributed by atoms with Gasteiger partial charge >= 0.3 is 0 Å². The first-order valence-corrected chi connectivity index (χ1v) is 7.83. The monoisotopic (exact) mass is 342 g/mol. The highest BCUT2D eigenvalue weighted by Gasteiger charge is 2.39. The Kier molecular flexibility index (Phi) is 7.82. The Morgan fingerprint density at radius 2 is 1.87 bits per heavy atom. The van der Waals surface area contributed by atoms with Gasteiger partial charge in [-0.1, -0.05) is 0 Å². The molecule has 1 aromatic carbocycles. The van der Waals surface area contributed by atoms with Crippen LogP contribution in [0.5, 0.6) is 5.75 Å². The molecule has 5 nitrogen and oxygen atoms in total. The van der Waals surface area contributed by atoms with Gasteiger partial charge in [0.1, 0.15) is 5.75 Å². The predicted molar refractivity (Wildman–Crippen MR) is 94.5 cm³/mol. The molecule has 6 heteroatoms. The Hall–Kier alpha value is -1.30. The van der Waals surface area contributed by atoms with Gasteiger partial charge in [0.15, 0.2) is 0 Å². The van der Waals surface area contributed by atoms with Crippen LogP contribution in [-0.4, -0.2) is 38.8 Å². The molecule has 1 amide bonds. The Morgan fingerprint density at radius 1 is 1.26 bits per heavy atom. The van der Waals surface area contributed by atoms with Crippen LogP contribution in [0, 0.1) is 5.41 Å². The smallest absolute Gasteiger partial charge is 0.233 e. The van der Waals surface area contributed by atoms with Crippen molar-refractivity contribution in [3.8, 4) is 5.75 Å². The summed E-state index contributed by atoms with van der Waals surface area (Å²) in [7, 11) is 1.65. The molecule has 1 aliphatic heterocycles. The molecule has 1 heterocycles. The van der Waals surface area contributed by atoms with Gasteiger partial charge < -0.3 is 20.1 Å². The normalized spacial score (nSPS) is 16.5. The molecule has 1 fully saturated rings. The molecule has 1 aliphatic rings. The molecule has 0 spiro atoms. The van der Waals surface area contributed by atoms with Gasteiger partial charge in [0.25, 0.3) is 0 Å². The molecule has 2 N–H and O–H groups in total. The molecule has 0 saturated carbocycles. The standard InChI is InChI=1S/C17H26N2O3.ClH/c1-13(2)22-15-6-4-14(5-7-15)19-16(20)17(12-21-3)8-10-18-11-9-17;/h4-7,13,18H,8-12H2,1-3H3,(H,19,20);1H. The van der Waals surface area contributed by atoms with Crippen LogP contribution in [0.3, 0.4) is 0 Å². The number of methoxy groups -OCH3 is 1. The minimum Gasteiger partial charge on any atom is -0.491 e. The summed E-state index contributed by atoms with van der Waals surface area (Å²) in [6.07, 6.45) is 1.72. The Bertz CT molecular complexity index is 480. The molecule has 0 aliphatic carbocycles. The fourth-order valence-corrected chi connectivity index (χ4v) is 2.77. The maximum atomic E-state index is 12.7. The van der Waals surface area contributed by atoms with E-state index in [0.29, 0.717) is 6.61 Å². The van der Waals surface area contributed by atoms with Gasteiger partial charge in [-0.2, -0.15) is 0 Å². The van der Waals surface area contributed by atoms with Gasteiger partial charge in [0.2, 0.25) is 5.91 Å². The summed E-state index contributed by atoms with van der Waals surface area (Å²) in [5.41, 5.74) is 0.350. The lowest BCUT2D eigenvalue weighted by molar-refractivity contribution is -0.130. The molecule has 1 aromatic rings. The van der Waals surface area contributed by atoms with E-state index >= 15 is 0 Å². The average Bonchev–Trinajstić information content (AvgIpc) is 2.50. The number of ether oxygens (including phenoxy) is 2. The highest BCUT2D eigenvalue weighted by Crippen LogP contribution is 2.31. The topological polar surface area (TPSA) is 59.6 Å². The van der Waals surface area contributed by atoms with E-state index in [2.05, 4.69) is 10.6 Å². The quantitative estimate of drug-likeness (QED) is 0.834. The maximum Gasteiger partial charge on any atom is 0.233 e. The van der Waals surface area contributed by atoms with Crippen molar-refractivity contribution in [2.24, 2.45) is 5.41 Å². The lowest BCUT2D eigenvalue weighted by Gasteiger charge is -2.35. The van der Waals surface area contributed by atoms with E-state index in [4.69, 9.17) is 9.47 Å². The number of hydrogen-bond donors (Lipinski definition) is 2. The molecule has 0 aromatic heterocycles. The first-order valence-electron chi connectivity index (χ1n) is 7.83. The van der Waals surface area contributed by atoms with Crippen molar-refractivity contribution in [1.29, 1.82) is 0 Å². The van der Waals surface area contributed by atoms with Crippen LogP contribution in [0.15, 0.2) is 24.3 Å². The molecule has 0 bridgehead atoms. The number of carbonyl (C=O) groups excluding carboxylic acids is 1. The van der Waals surface area contributed by atoms with E-state index in [9.17, 15) is 4.79 Å². The molecule has 0 radical (unpaired) electrons. The van der Waals surface area contributed by atoms with E-state index in [1.807, 2.05) is 38.1 Å². The summed E-state index contributed by atoms with van der Waals surface area (Å²) in [5, 5.41) is 6.31. The first kappa shape index (κ1) is 19.7. The van der Waals surface area contributed by atoms with E-state index in [0.717, 1.165) is 37.4 Å². The fourth-order valence-electron chi connectivity index (χ4n) is 2.77. The molecule has 0 atom stereocenters. The fraction of sp³-hybridized carbons (Fsp3) is 0.588. The summed E-state index contributed by atoms with van der Waals surface area (Å²) in [5.74, 6) is 0.842. The van der Waals surface area contributed by atoms with Crippen LogP contribution < -0.4 is 15.4 Å². The van der Waals surface area contributed by atoms with Crippen LogP contribution >= 0.6 is 12.4 Å². The summed E-state index contributed by atoms with van der Waals surface area (Å²) in [6.45, 7) is 6.12. The zero-order valence-corrected chi connectivity index (χ0v) is 14.9. The van der Waals surface area contributed by atoms with Crippen LogP contribution in [0.4, 0.5) is 5.69 Å². The van der Waals surface area contributed by atoms with Crippen LogP contribution in [0.1, 0.15) is 26.7 Å². The van der Waals surface area contributed by atoms with Crippen molar-refractivity contribution in [2.45, 2.75) is 32.8 Å². The third-order valence-corrected chi connectivity index (χ3v) is 3.95. The number of nitrogens with one attached hydrogen (secondary N) is 2. The van der Waals surface area contributed by atoms with E-state index in [-0.39, 0.29) is 24.4 Å². The number of rotatable bonds is 6. The lowest BCUT2D eigenvalue weighted by atomic mass is 9.78. The zero-order valence-electron chi connectivity index (χ0n) is 14.1. The SMILES string of the molecule is COCC1(C(=O)Nc2ccc(OC(C)C)cc2)CCNCC1.Cl. The molecular weight excluding hydrogens is 316 g/mol. The van der Waals surface area contributed by atoms with Crippen LogP contribution in [-0.2, 0) is 9.53 Å².